The number of hydrogen-bond acceptors (Lipinski definition) is 7. The number of benzene rings is 2. The van der Waals surface area contributed by atoms with Crippen LogP contribution in [0.2, 0.25) is 0 Å². The number of nitrogens with zero attached hydrogens (tertiary/aromatic N) is 2. The summed E-state index contributed by atoms with van der Waals surface area (Å²) in [6.07, 6.45) is 1.65. The fraction of sp³-hybridized carbons (Fsp3) is 0.211. The minimum Gasteiger partial charge on any atom is -0.481 e. The standard InChI is InChI=1S/C19H19N3O5S2/c1-12(2)13-3-5-14(6-4-13)19-21-10-15(28-19)11-27-18-8-7-16(29(20,25)26)9-17(18)22(23)24/h3-10,12H,11H2,1-2H3,(H2,20,25,26). The van der Waals surface area contributed by atoms with Crippen LogP contribution in [-0.2, 0) is 16.6 Å². The van der Waals surface area contributed by atoms with E-state index < -0.39 is 20.6 Å². The summed E-state index contributed by atoms with van der Waals surface area (Å²) in [4.78, 5) is 15.4. The second-order valence-corrected chi connectivity index (χ2v) is 9.31. The number of hydrogen-bond donors (Lipinski definition) is 1. The second kappa shape index (κ2) is 8.27. The van der Waals surface area contributed by atoms with Gasteiger partial charge in [-0.3, -0.25) is 10.1 Å². The van der Waals surface area contributed by atoms with Crippen LogP contribution in [0.4, 0.5) is 5.69 Å². The number of rotatable bonds is 7. The first-order chi connectivity index (χ1) is 13.6. The van der Waals surface area contributed by atoms with Gasteiger partial charge in [0.2, 0.25) is 10.0 Å². The van der Waals surface area contributed by atoms with E-state index in [0.29, 0.717) is 5.92 Å². The molecule has 0 spiro atoms. The van der Waals surface area contributed by atoms with Crippen molar-refractivity contribution in [1.29, 1.82) is 0 Å². The van der Waals surface area contributed by atoms with Crippen molar-refractivity contribution in [1.82, 2.24) is 4.98 Å². The number of thiazole rings is 1. The predicted molar refractivity (Wildman–Crippen MR) is 110 cm³/mol. The zero-order valence-electron chi connectivity index (χ0n) is 15.7. The number of nitro benzene ring substituents is 1. The van der Waals surface area contributed by atoms with Crippen LogP contribution in [0.5, 0.6) is 5.75 Å². The van der Waals surface area contributed by atoms with Crippen molar-refractivity contribution in [3.05, 3.63) is 69.2 Å². The molecule has 8 nitrogen and oxygen atoms in total. The average molecular weight is 434 g/mol. The molecule has 3 rings (SSSR count). The van der Waals surface area contributed by atoms with Gasteiger partial charge in [0.1, 0.15) is 11.6 Å². The summed E-state index contributed by atoms with van der Waals surface area (Å²) in [5, 5.41) is 17.1. The SMILES string of the molecule is CC(C)c1ccc(-c2ncc(COc3ccc(S(N)(=O)=O)cc3[N+](=O)[O-])s2)cc1. The second-order valence-electron chi connectivity index (χ2n) is 6.63. The highest BCUT2D eigenvalue weighted by Crippen LogP contribution is 2.32. The Hall–Kier alpha value is -2.82. The summed E-state index contributed by atoms with van der Waals surface area (Å²) in [6, 6.07) is 11.4. The third-order valence-corrected chi connectivity index (χ3v) is 6.13. The van der Waals surface area contributed by atoms with Crippen molar-refractivity contribution >= 4 is 27.0 Å². The molecule has 0 radical (unpaired) electrons. The van der Waals surface area contributed by atoms with Crippen LogP contribution in [0, 0.1) is 10.1 Å². The summed E-state index contributed by atoms with van der Waals surface area (Å²) in [6.45, 7) is 4.32. The molecule has 0 fully saturated rings. The Morgan fingerprint density at radius 1 is 1.21 bits per heavy atom. The Morgan fingerprint density at radius 2 is 1.90 bits per heavy atom. The van der Waals surface area contributed by atoms with Crippen LogP contribution < -0.4 is 9.88 Å². The van der Waals surface area contributed by atoms with Gasteiger partial charge in [-0.25, -0.2) is 18.5 Å². The molecule has 1 heterocycles. The Kier molecular flexibility index (Phi) is 5.96. The zero-order valence-corrected chi connectivity index (χ0v) is 17.4. The van der Waals surface area contributed by atoms with Crippen molar-refractivity contribution in [2.75, 3.05) is 0 Å². The molecular weight excluding hydrogens is 414 g/mol. The topological polar surface area (TPSA) is 125 Å². The summed E-state index contributed by atoms with van der Waals surface area (Å²) in [5.74, 6) is 0.402. The van der Waals surface area contributed by atoms with E-state index in [4.69, 9.17) is 9.88 Å². The highest BCUT2D eigenvalue weighted by molar-refractivity contribution is 7.89. The molecule has 0 unspecified atom stereocenters. The molecule has 2 N–H and O–H groups in total. The van der Waals surface area contributed by atoms with Crippen LogP contribution in [0.3, 0.4) is 0 Å². The Labute approximate surface area is 172 Å². The highest BCUT2D eigenvalue weighted by Gasteiger charge is 2.20. The molecule has 0 atom stereocenters. The van der Waals surface area contributed by atoms with Crippen LogP contribution in [0.15, 0.2) is 53.6 Å². The first kappa shape index (κ1) is 20.9. The van der Waals surface area contributed by atoms with E-state index in [1.165, 1.54) is 29.0 Å². The van der Waals surface area contributed by atoms with E-state index in [1.54, 1.807) is 6.20 Å². The third kappa shape index (κ3) is 4.97. The van der Waals surface area contributed by atoms with Crippen LogP contribution in [0.25, 0.3) is 10.6 Å². The van der Waals surface area contributed by atoms with Crippen molar-refractivity contribution < 1.29 is 18.1 Å². The van der Waals surface area contributed by atoms with Gasteiger partial charge in [-0.15, -0.1) is 11.3 Å². The lowest BCUT2D eigenvalue weighted by molar-refractivity contribution is -0.386. The molecule has 29 heavy (non-hydrogen) atoms. The van der Waals surface area contributed by atoms with Crippen molar-refractivity contribution in [3.8, 4) is 16.3 Å². The molecular formula is C19H19N3O5S2. The van der Waals surface area contributed by atoms with Crippen LogP contribution in [-0.4, -0.2) is 18.3 Å². The third-order valence-electron chi connectivity index (χ3n) is 4.20. The maximum Gasteiger partial charge on any atom is 0.312 e. The molecule has 1 aromatic heterocycles. The molecule has 2 aromatic carbocycles. The van der Waals surface area contributed by atoms with Crippen LogP contribution in [0.1, 0.15) is 30.2 Å². The van der Waals surface area contributed by atoms with Gasteiger partial charge in [-0.2, -0.15) is 0 Å². The number of ether oxygens (including phenoxy) is 1. The average Bonchev–Trinajstić information content (AvgIpc) is 3.14. The lowest BCUT2D eigenvalue weighted by atomic mass is 10.0. The van der Waals surface area contributed by atoms with Gasteiger partial charge in [0.05, 0.1) is 14.7 Å². The van der Waals surface area contributed by atoms with Crippen LogP contribution >= 0.6 is 11.3 Å². The first-order valence-electron chi connectivity index (χ1n) is 8.64. The quantitative estimate of drug-likeness (QED) is 0.442. The first-order valence-corrected chi connectivity index (χ1v) is 11.0. The highest BCUT2D eigenvalue weighted by atomic mass is 32.2. The summed E-state index contributed by atoms with van der Waals surface area (Å²) < 4.78 is 28.3. The number of sulfonamides is 1. The normalized spacial score (nSPS) is 11.6. The minimum absolute atomic E-state index is 0.0429. The molecule has 0 aliphatic rings. The maximum atomic E-state index is 11.4. The van der Waals surface area contributed by atoms with Gasteiger partial charge in [-0.05, 0) is 23.6 Å². The van der Waals surface area contributed by atoms with E-state index in [1.807, 2.05) is 12.1 Å². The van der Waals surface area contributed by atoms with E-state index in [-0.39, 0.29) is 17.3 Å². The smallest absolute Gasteiger partial charge is 0.312 e. The monoisotopic (exact) mass is 433 g/mol. The Morgan fingerprint density at radius 3 is 2.48 bits per heavy atom. The molecule has 0 bridgehead atoms. The minimum atomic E-state index is -4.05. The van der Waals surface area contributed by atoms with E-state index in [0.717, 1.165) is 21.5 Å². The van der Waals surface area contributed by atoms with Crippen molar-refractivity contribution in [2.24, 2.45) is 5.14 Å². The van der Waals surface area contributed by atoms with Gasteiger partial charge < -0.3 is 4.74 Å². The molecule has 3 aromatic rings. The summed E-state index contributed by atoms with van der Waals surface area (Å²) in [5.41, 5.74) is 1.75. The lowest BCUT2D eigenvalue weighted by Gasteiger charge is -2.06. The van der Waals surface area contributed by atoms with Crippen molar-refractivity contribution in [2.45, 2.75) is 31.3 Å². The molecule has 10 heteroatoms. The fourth-order valence-corrected chi connectivity index (χ4v) is 3.97. The summed E-state index contributed by atoms with van der Waals surface area (Å²) >= 11 is 1.42. The number of aromatic nitrogens is 1. The molecule has 0 aliphatic carbocycles. The Bertz CT molecular complexity index is 1140. The van der Waals surface area contributed by atoms with E-state index >= 15 is 0 Å². The molecule has 0 saturated carbocycles. The van der Waals surface area contributed by atoms with Gasteiger partial charge in [0, 0.05) is 17.8 Å². The molecule has 0 amide bonds. The van der Waals surface area contributed by atoms with Gasteiger partial charge in [-0.1, -0.05) is 38.1 Å². The number of nitro groups is 1. The van der Waals surface area contributed by atoms with Gasteiger partial charge >= 0.3 is 5.69 Å². The lowest BCUT2D eigenvalue weighted by Crippen LogP contribution is -2.12. The maximum absolute atomic E-state index is 11.4. The van der Waals surface area contributed by atoms with E-state index in [2.05, 4.69) is 31.0 Å². The molecule has 0 aliphatic heterocycles. The van der Waals surface area contributed by atoms with Gasteiger partial charge in [0.25, 0.3) is 0 Å². The number of nitrogens with two attached hydrogens (primary N) is 1. The number of primary sulfonamides is 1. The largest absolute Gasteiger partial charge is 0.481 e. The van der Waals surface area contributed by atoms with Gasteiger partial charge in [0.15, 0.2) is 5.75 Å². The Balaban J connectivity index is 1.76. The summed E-state index contributed by atoms with van der Waals surface area (Å²) in [7, 11) is -4.05. The van der Waals surface area contributed by atoms with Crippen molar-refractivity contribution in [3.63, 3.8) is 0 Å². The molecule has 0 saturated heterocycles. The fourth-order valence-electron chi connectivity index (χ4n) is 2.61. The molecule has 152 valence electrons. The zero-order chi connectivity index (χ0) is 21.2. The predicted octanol–water partition coefficient (Wildman–Crippen LogP) is 4.07. The van der Waals surface area contributed by atoms with E-state index in [9.17, 15) is 18.5 Å².